The molecule has 2 aliphatic carbocycles. The van der Waals surface area contributed by atoms with Crippen LogP contribution in [0.5, 0.6) is 5.75 Å². The fraction of sp³-hybridized carbons (Fsp3) is 0.409. The Morgan fingerprint density at radius 1 is 1.00 bits per heavy atom. The van der Waals surface area contributed by atoms with E-state index in [1.54, 1.807) is 0 Å². The Morgan fingerprint density at radius 2 is 1.72 bits per heavy atom. The molecule has 4 rings (SSSR count). The second-order valence-corrected chi connectivity index (χ2v) is 8.02. The van der Waals surface area contributed by atoms with Gasteiger partial charge in [0.25, 0.3) is 0 Å². The van der Waals surface area contributed by atoms with E-state index in [4.69, 9.17) is 4.74 Å². The van der Waals surface area contributed by atoms with Gasteiger partial charge in [0.05, 0.1) is 5.33 Å². The zero-order valence-electron chi connectivity index (χ0n) is 14.4. The maximum absolute atomic E-state index is 12.4. The number of hydrogen-bond acceptors (Lipinski definition) is 2. The lowest BCUT2D eigenvalue weighted by atomic mass is 9.83. The van der Waals surface area contributed by atoms with E-state index in [9.17, 15) is 4.79 Å². The summed E-state index contributed by atoms with van der Waals surface area (Å²) in [4.78, 5) is 12.4. The second kappa shape index (κ2) is 6.95. The van der Waals surface area contributed by atoms with Gasteiger partial charge in [0.2, 0.25) is 0 Å². The lowest BCUT2D eigenvalue weighted by molar-refractivity contribution is 0.102. The number of alkyl halides is 1. The van der Waals surface area contributed by atoms with Crippen LogP contribution in [0.3, 0.4) is 0 Å². The maximum atomic E-state index is 12.4. The number of hydrogen-bond donors (Lipinski definition) is 0. The molecule has 2 aromatic carbocycles. The number of halogens is 1. The molecule has 25 heavy (non-hydrogen) atoms. The standard InChI is InChI=1S/C22H23BrO2/c23-14-20(24)17-8-9-21(25-15-16-6-2-1-3-7-16)19-13-22(12-18(17)19)10-4-5-11-22/h1-3,6-9H,4-5,10-15H2. The number of rotatable bonds is 5. The molecule has 3 heteroatoms. The first-order chi connectivity index (χ1) is 12.2. The van der Waals surface area contributed by atoms with Crippen LogP contribution in [0.1, 0.15) is 52.7 Å². The van der Waals surface area contributed by atoms with Crippen LogP contribution in [-0.2, 0) is 19.4 Å². The Kier molecular flexibility index (Phi) is 4.68. The van der Waals surface area contributed by atoms with Crippen molar-refractivity contribution < 1.29 is 9.53 Å². The topological polar surface area (TPSA) is 26.3 Å². The highest BCUT2D eigenvalue weighted by molar-refractivity contribution is 9.09. The summed E-state index contributed by atoms with van der Waals surface area (Å²) in [5.41, 5.74) is 4.96. The van der Waals surface area contributed by atoms with Gasteiger partial charge >= 0.3 is 0 Å². The third kappa shape index (κ3) is 3.27. The molecular weight excluding hydrogens is 376 g/mol. The van der Waals surface area contributed by atoms with Crippen LogP contribution in [0.15, 0.2) is 42.5 Å². The fourth-order valence-corrected chi connectivity index (χ4v) is 4.86. The number of ether oxygens (including phenoxy) is 1. The number of Topliss-reactive ketones (excluding diaryl/α,β-unsaturated/α-hetero) is 1. The van der Waals surface area contributed by atoms with Crippen LogP contribution in [0.25, 0.3) is 0 Å². The highest BCUT2D eigenvalue weighted by atomic mass is 79.9. The van der Waals surface area contributed by atoms with Crippen LogP contribution in [0.2, 0.25) is 0 Å². The minimum atomic E-state index is 0.181. The van der Waals surface area contributed by atoms with Gasteiger partial charge in [0.15, 0.2) is 5.78 Å². The van der Waals surface area contributed by atoms with E-state index >= 15 is 0 Å². The van der Waals surface area contributed by atoms with Crippen molar-refractivity contribution in [1.29, 1.82) is 0 Å². The van der Waals surface area contributed by atoms with Gasteiger partial charge in [-0.25, -0.2) is 0 Å². The average molecular weight is 399 g/mol. The lowest BCUT2D eigenvalue weighted by Crippen LogP contribution is -2.16. The van der Waals surface area contributed by atoms with Crippen molar-refractivity contribution in [3.63, 3.8) is 0 Å². The molecule has 2 nitrogen and oxygen atoms in total. The maximum Gasteiger partial charge on any atom is 0.173 e. The highest BCUT2D eigenvalue weighted by Crippen LogP contribution is 2.51. The summed E-state index contributed by atoms with van der Waals surface area (Å²) < 4.78 is 6.18. The van der Waals surface area contributed by atoms with Crippen LogP contribution in [0, 0.1) is 5.41 Å². The minimum absolute atomic E-state index is 0.181. The van der Waals surface area contributed by atoms with Gasteiger partial charge in [0, 0.05) is 5.56 Å². The molecule has 1 spiro atoms. The summed E-state index contributed by atoms with van der Waals surface area (Å²) in [7, 11) is 0. The van der Waals surface area contributed by atoms with E-state index in [0.29, 0.717) is 17.4 Å². The molecule has 0 N–H and O–H groups in total. The number of carbonyl (C=O) groups is 1. The van der Waals surface area contributed by atoms with Crippen LogP contribution in [-0.4, -0.2) is 11.1 Å². The highest BCUT2D eigenvalue weighted by Gasteiger charge is 2.42. The van der Waals surface area contributed by atoms with E-state index in [1.807, 2.05) is 30.3 Å². The zero-order valence-corrected chi connectivity index (χ0v) is 16.0. The largest absolute Gasteiger partial charge is 0.489 e. The molecule has 0 bridgehead atoms. The van der Waals surface area contributed by atoms with E-state index in [0.717, 1.165) is 24.2 Å². The van der Waals surface area contributed by atoms with E-state index < -0.39 is 0 Å². The first-order valence-electron chi connectivity index (χ1n) is 9.11. The third-order valence-corrected chi connectivity index (χ3v) is 6.32. The quantitative estimate of drug-likeness (QED) is 0.490. The first-order valence-corrected chi connectivity index (χ1v) is 10.2. The number of carbonyl (C=O) groups excluding carboxylic acids is 1. The van der Waals surface area contributed by atoms with E-state index in [1.165, 1.54) is 42.4 Å². The minimum Gasteiger partial charge on any atom is -0.489 e. The molecule has 0 heterocycles. The van der Waals surface area contributed by atoms with Crippen LogP contribution >= 0.6 is 15.9 Å². The number of benzene rings is 2. The van der Waals surface area contributed by atoms with Gasteiger partial charge in [-0.3, -0.25) is 4.79 Å². The molecule has 130 valence electrons. The molecule has 2 aromatic rings. The molecule has 2 aliphatic rings. The SMILES string of the molecule is O=C(CBr)c1ccc(OCc2ccccc2)c2c1CC1(CCCC1)C2. The lowest BCUT2D eigenvalue weighted by Gasteiger charge is -2.21. The molecule has 1 fully saturated rings. The average Bonchev–Trinajstić information content (AvgIpc) is 3.26. The van der Waals surface area contributed by atoms with Crippen molar-refractivity contribution in [2.45, 2.75) is 45.1 Å². The predicted molar refractivity (Wildman–Crippen MR) is 104 cm³/mol. The van der Waals surface area contributed by atoms with Crippen LogP contribution in [0.4, 0.5) is 0 Å². The Hall–Kier alpha value is -1.61. The summed E-state index contributed by atoms with van der Waals surface area (Å²) in [6.07, 6.45) is 7.30. The summed E-state index contributed by atoms with van der Waals surface area (Å²) >= 11 is 3.33. The summed E-state index contributed by atoms with van der Waals surface area (Å²) in [5, 5.41) is 0.386. The third-order valence-electron chi connectivity index (χ3n) is 5.81. The van der Waals surface area contributed by atoms with Crippen molar-refractivity contribution in [2.24, 2.45) is 5.41 Å². The number of fused-ring (bicyclic) bond motifs is 1. The van der Waals surface area contributed by atoms with Gasteiger partial charge in [-0.15, -0.1) is 0 Å². The second-order valence-electron chi connectivity index (χ2n) is 7.46. The molecule has 0 amide bonds. The Labute approximate surface area is 157 Å². The summed E-state index contributed by atoms with van der Waals surface area (Å²) in [5.74, 6) is 1.15. The molecule has 0 radical (unpaired) electrons. The summed E-state index contributed by atoms with van der Waals surface area (Å²) in [6, 6.07) is 14.2. The zero-order chi connectivity index (χ0) is 17.3. The van der Waals surface area contributed by atoms with Gasteiger partial charge in [0.1, 0.15) is 12.4 Å². The Bertz CT molecular complexity index is 776. The Morgan fingerprint density at radius 3 is 2.44 bits per heavy atom. The monoisotopic (exact) mass is 398 g/mol. The predicted octanol–water partition coefficient (Wildman–Crippen LogP) is 5.50. The van der Waals surface area contributed by atoms with E-state index in [-0.39, 0.29) is 5.78 Å². The summed E-state index contributed by atoms with van der Waals surface area (Å²) in [6.45, 7) is 0.575. The molecule has 0 aromatic heterocycles. The molecule has 0 aliphatic heterocycles. The van der Waals surface area contributed by atoms with Gasteiger partial charge in [-0.2, -0.15) is 0 Å². The van der Waals surface area contributed by atoms with Gasteiger partial charge in [-0.05, 0) is 59.9 Å². The Balaban J connectivity index is 1.65. The van der Waals surface area contributed by atoms with Crippen molar-refractivity contribution in [3.05, 3.63) is 64.7 Å². The van der Waals surface area contributed by atoms with Crippen molar-refractivity contribution in [2.75, 3.05) is 5.33 Å². The normalized spacial score (nSPS) is 17.6. The van der Waals surface area contributed by atoms with E-state index in [2.05, 4.69) is 28.1 Å². The van der Waals surface area contributed by atoms with Crippen molar-refractivity contribution >= 4 is 21.7 Å². The van der Waals surface area contributed by atoms with Gasteiger partial charge < -0.3 is 4.74 Å². The first kappa shape index (κ1) is 16.8. The molecule has 0 atom stereocenters. The number of ketones is 1. The van der Waals surface area contributed by atoms with Crippen molar-refractivity contribution in [1.82, 2.24) is 0 Å². The molecule has 0 unspecified atom stereocenters. The smallest absolute Gasteiger partial charge is 0.173 e. The molecular formula is C22H23BrO2. The van der Waals surface area contributed by atoms with Crippen molar-refractivity contribution in [3.8, 4) is 5.75 Å². The molecule has 0 saturated heterocycles. The molecule has 1 saturated carbocycles. The fourth-order valence-electron chi connectivity index (χ4n) is 4.56. The van der Waals surface area contributed by atoms with Crippen LogP contribution < -0.4 is 4.74 Å². The van der Waals surface area contributed by atoms with Gasteiger partial charge in [-0.1, -0.05) is 59.1 Å².